The number of anilines is 1. The van der Waals surface area contributed by atoms with Gasteiger partial charge >= 0.3 is 0 Å². The van der Waals surface area contributed by atoms with Crippen LogP contribution in [0.25, 0.3) is 0 Å². The lowest BCUT2D eigenvalue weighted by Gasteiger charge is -1.94. The third-order valence-electron chi connectivity index (χ3n) is 0.641. The van der Waals surface area contributed by atoms with Gasteiger partial charge in [-0.15, -0.1) is 0 Å². The molecule has 0 atom stereocenters. The minimum atomic E-state index is -2.72. The number of nitrogens with two attached hydrogens (primary N) is 1. The minimum Gasteiger partial charge on any atom is -0.480 e. The van der Waals surface area contributed by atoms with Gasteiger partial charge in [-0.05, 0) is 0 Å². The number of aromatic nitrogens is 2. The summed E-state index contributed by atoms with van der Waals surface area (Å²) in [4.78, 5) is 6.74. The van der Waals surface area contributed by atoms with E-state index in [2.05, 4.69) is 14.7 Å². The SMILES string of the molecule is [2H]c1nc(OC([2H])([2H])[2H])c([2H])nc1N. The Morgan fingerprint density at radius 1 is 1.78 bits per heavy atom. The normalized spacial score (nSPS) is 18.4. The average molecular weight is 130 g/mol. The fourth-order valence-corrected chi connectivity index (χ4v) is 0.312. The standard InChI is InChI=1S/C5H7N3O/c1-9-5-3-7-4(6)2-8-5/h2-3H,1H3,(H2,6,7)/i1D3,2D,3D. The maximum atomic E-state index is 7.18. The molecule has 48 valence electrons. The lowest BCUT2D eigenvalue weighted by atomic mass is 10.7. The van der Waals surface area contributed by atoms with E-state index in [0.717, 1.165) is 0 Å². The van der Waals surface area contributed by atoms with Crippen LogP contribution >= 0.6 is 0 Å². The second-order valence-corrected chi connectivity index (χ2v) is 1.24. The molecule has 0 saturated heterocycles. The topological polar surface area (TPSA) is 61.0 Å². The van der Waals surface area contributed by atoms with Crippen molar-refractivity contribution in [3.63, 3.8) is 0 Å². The highest BCUT2D eigenvalue weighted by molar-refractivity contribution is 5.24. The zero-order valence-electron chi connectivity index (χ0n) is 9.38. The highest BCUT2D eigenvalue weighted by Crippen LogP contribution is 2.01. The van der Waals surface area contributed by atoms with Crippen molar-refractivity contribution in [1.82, 2.24) is 9.97 Å². The fraction of sp³-hybridized carbons (Fsp3) is 0.200. The zero-order valence-corrected chi connectivity index (χ0v) is 4.38. The van der Waals surface area contributed by atoms with E-state index in [4.69, 9.17) is 12.6 Å². The lowest BCUT2D eigenvalue weighted by molar-refractivity contribution is 0.396. The van der Waals surface area contributed by atoms with Gasteiger partial charge in [-0.25, -0.2) is 9.97 Å². The van der Waals surface area contributed by atoms with Crippen LogP contribution in [0.5, 0.6) is 5.88 Å². The second kappa shape index (κ2) is 2.30. The molecule has 1 heterocycles. The van der Waals surface area contributed by atoms with Gasteiger partial charge in [-0.3, -0.25) is 0 Å². The van der Waals surface area contributed by atoms with Crippen molar-refractivity contribution in [2.75, 3.05) is 12.8 Å². The van der Waals surface area contributed by atoms with Crippen LogP contribution in [0.1, 0.15) is 6.85 Å². The Balaban J connectivity index is 3.04. The van der Waals surface area contributed by atoms with E-state index in [0.29, 0.717) is 0 Å². The largest absolute Gasteiger partial charge is 0.480 e. The summed E-state index contributed by atoms with van der Waals surface area (Å²) in [6.07, 6.45) is -0.921. The van der Waals surface area contributed by atoms with Crippen molar-refractivity contribution in [3.05, 3.63) is 12.3 Å². The van der Waals surface area contributed by atoms with Crippen molar-refractivity contribution < 1.29 is 11.6 Å². The first kappa shape index (κ1) is 2.13. The summed E-state index contributed by atoms with van der Waals surface area (Å²) in [5.41, 5.74) is 5.18. The summed E-state index contributed by atoms with van der Waals surface area (Å²) >= 11 is 0. The summed E-state index contributed by atoms with van der Waals surface area (Å²) in [5.74, 6) is -0.767. The van der Waals surface area contributed by atoms with Crippen molar-refractivity contribution in [2.45, 2.75) is 0 Å². The Morgan fingerprint density at radius 3 is 3.44 bits per heavy atom. The molecule has 0 radical (unpaired) electrons. The van der Waals surface area contributed by atoms with E-state index in [1.54, 1.807) is 0 Å². The molecular formula is C5H7N3O. The molecule has 1 aromatic rings. The van der Waals surface area contributed by atoms with Crippen LogP contribution in [-0.4, -0.2) is 17.0 Å². The fourth-order valence-electron chi connectivity index (χ4n) is 0.312. The van der Waals surface area contributed by atoms with E-state index in [1.807, 2.05) is 0 Å². The molecule has 4 heteroatoms. The molecule has 1 aromatic heterocycles. The summed E-state index contributed by atoms with van der Waals surface area (Å²) in [5, 5.41) is 0. The van der Waals surface area contributed by atoms with E-state index >= 15 is 0 Å². The van der Waals surface area contributed by atoms with Gasteiger partial charge < -0.3 is 10.5 Å². The number of hydrogen-bond donors (Lipinski definition) is 1. The maximum Gasteiger partial charge on any atom is 0.232 e. The van der Waals surface area contributed by atoms with Crippen LogP contribution in [-0.2, 0) is 0 Å². The van der Waals surface area contributed by atoms with Gasteiger partial charge in [0.25, 0.3) is 0 Å². The van der Waals surface area contributed by atoms with Crippen molar-refractivity contribution in [2.24, 2.45) is 0 Å². The summed E-state index contributed by atoms with van der Waals surface area (Å²) < 4.78 is 38.9. The molecule has 0 aromatic carbocycles. The molecule has 0 aliphatic carbocycles. The number of rotatable bonds is 1. The van der Waals surface area contributed by atoms with Crippen LogP contribution in [0.3, 0.4) is 0 Å². The quantitative estimate of drug-likeness (QED) is 0.584. The number of nitrogens with zero attached hydrogens (tertiary/aromatic N) is 2. The summed E-state index contributed by atoms with van der Waals surface area (Å²) in [6, 6.07) is 0. The minimum absolute atomic E-state index is 0.243. The molecule has 0 saturated carbocycles. The van der Waals surface area contributed by atoms with Gasteiger partial charge in [0, 0.05) is 0 Å². The van der Waals surface area contributed by atoms with Crippen molar-refractivity contribution >= 4 is 5.82 Å². The van der Waals surface area contributed by atoms with Crippen molar-refractivity contribution in [1.29, 1.82) is 0 Å². The Labute approximate surface area is 59.7 Å². The highest BCUT2D eigenvalue weighted by Gasteiger charge is 1.89. The maximum absolute atomic E-state index is 7.18. The highest BCUT2D eigenvalue weighted by atomic mass is 16.5. The van der Waals surface area contributed by atoms with Crippen LogP contribution in [0.15, 0.2) is 12.3 Å². The predicted molar refractivity (Wildman–Crippen MR) is 33.0 cm³/mol. The zero-order chi connectivity index (χ0) is 10.9. The van der Waals surface area contributed by atoms with Gasteiger partial charge in [0.05, 0.1) is 26.2 Å². The molecular weight excluding hydrogens is 118 g/mol. The first-order chi connectivity index (χ1) is 6.29. The average Bonchev–Trinajstić information content (AvgIpc) is 1.97. The molecule has 0 amide bonds. The molecule has 2 N–H and O–H groups in total. The number of ether oxygens (including phenoxy) is 1. The first-order valence-electron chi connectivity index (χ1n) is 4.59. The smallest absolute Gasteiger partial charge is 0.232 e. The van der Waals surface area contributed by atoms with Gasteiger partial charge in [0.15, 0.2) is 0 Å². The number of hydrogen-bond acceptors (Lipinski definition) is 4. The molecule has 0 spiro atoms. The van der Waals surface area contributed by atoms with Gasteiger partial charge in [0.2, 0.25) is 5.88 Å². The van der Waals surface area contributed by atoms with Crippen LogP contribution in [0.2, 0.25) is 0 Å². The van der Waals surface area contributed by atoms with Gasteiger partial charge in [-0.1, -0.05) is 0 Å². The molecule has 0 fully saturated rings. The second-order valence-electron chi connectivity index (χ2n) is 1.24. The van der Waals surface area contributed by atoms with Crippen LogP contribution < -0.4 is 10.5 Å². The molecule has 0 aliphatic heterocycles. The third-order valence-corrected chi connectivity index (χ3v) is 0.641. The van der Waals surface area contributed by atoms with E-state index < -0.39 is 25.3 Å². The predicted octanol–water partition coefficient (Wildman–Crippen LogP) is 0.0674. The van der Waals surface area contributed by atoms with Gasteiger partial charge in [-0.2, -0.15) is 0 Å². The summed E-state index contributed by atoms with van der Waals surface area (Å²) in [7, 11) is -2.72. The van der Waals surface area contributed by atoms with E-state index in [9.17, 15) is 0 Å². The monoisotopic (exact) mass is 130 g/mol. The molecule has 9 heavy (non-hydrogen) atoms. The molecule has 4 nitrogen and oxygen atoms in total. The molecule has 0 bridgehead atoms. The van der Waals surface area contributed by atoms with E-state index in [-0.39, 0.29) is 5.82 Å². The van der Waals surface area contributed by atoms with Crippen LogP contribution in [0.4, 0.5) is 5.82 Å². The van der Waals surface area contributed by atoms with Crippen molar-refractivity contribution in [3.8, 4) is 5.88 Å². The van der Waals surface area contributed by atoms with Crippen LogP contribution in [0, 0.1) is 0 Å². The Morgan fingerprint density at radius 2 is 2.67 bits per heavy atom. The number of methoxy groups -OCH3 is 1. The first-order valence-corrected chi connectivity index (χ1v) is 2.09. The Bertz CT molecular complexity index is 352. The molecule has 0 aliphatic rings. The van der Waals surface area contributed by atoms with E-state index in [1.165, 1.54) is 0 Å². The molecule has 0 unspecified atom stereocenters. The Hall–Kier alpha value is -1.32. The Kier molecular flexibility index (Phi) is 0.545. The third kappa shape index (κ3) is 1.28. The van der Waals surface area contributed by atoms with Gasteiger partial charge in [0.1, 0.15) is 5.82 Å². The lowest BCUT2D eigenvalue weighted by Crippen LogP contribution is -1.92. The summed E-state index contributed by atoms with van der Waals surface area (Å²) in [6.45, 7) is 0. The molecule has 1 rings (SSSR count). The number of nitrogen functional groups attached to an aromatic ring is 1.